The second-order valence-electron chi connectivity index (χ2n) is 4.50. The smallest absolute Gasteiger partial charge is 0.138 e. The minimum Gasteiger partial charge on any atom is -0.495 e. The van der Waals surface area contributed by atoms with Crippen LogP contribution in [0.2, 0.25) is 10.0 Å². The summed E-state index contributed by atoms with van der Waals surface area (Å²) in [6.07, 6.45) is 3.96. The van der Waals surface area contributed by atoms with Gasteiger partial charge in [-0.15, -0.1) is 0 Å². The van der Waals surface area contributed by atoms with Crippen molar-refractivity contribution in [3.05, 3.63) is 27.7 Å². The lowest BCUT2D eigenvalue weighted by atomic mass is 9.94. The third-order valence-electron chi connectivity index (χ3n) is 3.44. The van der Waals surface area contributed by atoms with Crippen molar-refractivity contribution in [3.8, 4) is 5.75 Å². The first-order valence-corrected chi connectivity index (χ1v) is 6.60. The number of benzene rings is 1. The van der Waals surface area contributed by atoms with Crippen molar-refractivity contribution >= 4 is 23.2 Å². The number of aliphatic hydroxyl groups excluding tert-OH is 1. The second-order valence-corrected chi connectivity index (χ2v) is 5.31. The zero-order valence-corrected chi connectivity index (χ0v) is 11.3. The first-order valence-electron chi connectivity index (χ1n) is 5.84. The van der Waals surface area contributed by atoms with Crippen molar-refractivity contribution in [1.29, 1.82) is 0 Å². The van der Waals surface area contributed by atoms with E-state index in [0.717, 1.165) is 12.8 Å². The Morgan fingerprint density at radius 1 is 1.24 bits per heavy atom. The number of hydrogen-bond donors (Lipinski definition) is 1. The molecule has 0 aliphatic heterocycles. The van der Waals surface area contributed by atoms with Crippen LogP contribution in [0.25, 0.3) is 0 Å². The van der Waals surface area contributed by atoms with Crippen LogP contribution >= 0.6 is 23.2 Å². The molecule has 1 unspecified atom stereocenters. The van der Waals surface area contributed by atoms with Gasteiger partial charge in [0.1, 0.15) is 5.75 Å². The third kappa shape index (κ3) is 2.70. The molecule has 2 nitrogen and oxygen atoms in total. The molecule has 1 aliphatic rings. The Bertz CT molecular complexity index is 401. The van der Waals surface area contributed by atoms with Gasteiger partial charge < -0.3 is 9.84 Å². The van der Waals surface area contributed by atoms with Crippen LogP contribution in [0.4, 0.5) is 0 Å². The quantitative estimate of drug-likeness (QED) is 0.894. The molecule has 1 aliphatic carbocycles. The van der Waals surface area contributed by atoms with Crippen molar-refractivity contribution in [3.63, 3.8) is 0 Å². The molecule has 2 rings (SSSR count). The minimum absolute atomic E-state index is 0.303. The predicted octanol–water partition coefficient (Wildman–Crippen LogP) is 4.23. The zero-order valence-electron chi connectivity index (χ0n) is 9.75. The van der Waals surface area contributed by atoms with E-state index in [9.17, 15) is 5.11 Å². The summed E-state index contributed by atoms with van der Waals surface area (Å²) in [7, 11) is 1.55. The highest BCUT2D eigenvalue weighted by atomic mass is 35.5. The van der Waals surface area contributed by atoms with Crippen LogP contribution in [0.3, 0.4) is 0 Å². The summed E-state index contributed by atoms with van der Waals surface area (Å²) in [5, 5.41) is 11.3. The molecule has 0 radical (unpaired) electrons. The normalized spacial score (nSPS) is 18.4. The van der Waals surface area contributed by atoms with Crippen molar-refractivity contribution in [2.24, 2.45) is 5.92 Å². The molecule has 0 bridgehead atoms. The lowest BCUT2D eigenvalue weighted by molar-refractivity contribution is 0.111. The molecule has 4 heteroatoms. The SMILES string of the molecule is COc1cc(Cl)c(C(O)C2CCCC2)cc1Cl. The van der Waals surface area contributed by atoms with Gasteiger partial charge in [-0.1, -0.05) is 36.0 Å². The first kappa shape index (κ1) is 13.0. The Morgan fingerprint density at radius 2 is 1.88 bits per heavy atom. The van der Waals surface area contributed by atoms with Gasteiger partial charge in [-0.05, 0) is 24.8 Å². The molecule has 1 aromatic rings. The second kappa shape index (κ2) is 5.47. The minimum atomic E-state index is -0.520. The number of ether oxygens (including phenoxy) is 1. The number of halogens is 2. The summed E-state index contributed by atoms with van der Waals surface area (Å²) in [5.41, 5.74) is 0.712. The molecular weight excluding hydrogens is 259 g/mol. The van der Waals surface area contributed by atoms with Crippen LogP contribution in [-0.4, -0.2) is 12.2 Å². The van der Waals surface area contributed by atoms with Gasteiger partial charge in [0, 0.05) is 11.6 Å². The van der Waals surface area contributed by atoms with E-state index in [2.05, 4.69) is 0 Å². The highest BCUT2D eigenvalue weighted by molar-refractivity contribution is 6.34. The van der Waals surface area contributed by atoms with Crippen molar-refractivity contribution < 1.29 is 9.84 Å². The summed E-state index contributed by atoms with van der Waals surface area (Å²) < 4.78 is 5.09. The van der Waals surface area contributed by atoms with Gasteiger partial charge >= 0.3 is 0 Å². The number of aliphatic hydroxyl groups is 1. The summed E-state index contributed by atoms with van der Waals surface area (Å²) in [5.74, 6) is 0.844. The standard InChI is InChI=1S/C13H16Cl2O2/c1-17-12-7-10(14)9(6-11(12)15)13(16)8-4-2-3-5-8/h6-8,13,16H,2-5H2,1H3. The molecule has 1 saturated carbocycles. The molecule has 1 fully saturated rings. The van der Waals surface area contributed by atoms with E-state index >= 15 is 0 Å². The van der Waals surface area contributed by atoms with Crippen molar-refractivity contribution in [1.82, 2.24) is 0 Å². The zero-order chi connectivity index (χ0) is 12.4. The average Bonchev–Trinajstić information content (AvgIpc) is 2.84. The fourth-order valence-corrected chi connectivity index (χ4v) is 2.97. The van der Waals surface area contributed by atoms with Crippen LogP contribution in [0.1, 0.15) is 37.4 Å². The van der Waals surface area contributed by atoms with Gasteiger partial charge in [0.25, 0.3) is 0 Å². The van der Waals surface area contributed by atoms with Gasteiger partial charge in [0.15, 0.2) is 0 Å². The lowest BCUT2D eigenvalue weighted by Gasteiger charge is -2.20. The molecule has 0 spiro atoms. The number of methoxy groups -OCH3 is 1. The molecular formula is C13H16Cl2O2. The molecule has 0 amide bonds. The summed E-state index contributed by atoms with van der Waals surface area (Å²) >= 11 is 12.2. The molecule has 17 heavy (non-hydrogen) atoms. The van der Waals surface area contributed by atoms with Crippen LogP contribution < -0.4 is 4.74 Å². The largest absolute Gasteiger partial charge is 0.495 e. The van der Waals surface area contributed by atoms with E-state index in [-0.39, 0.29) is 0 Å². The van der Waals surface area contributed by atoms with Crippen LogP contribution in [0.5, 0.6) is 5.75 Å². The topological polar surface area (TPSA) is 29.5 Å². The Labute approximate surface area is 111 Å². The molecule has 0 aromatic heterocycles. The summed E-state index contributed by atoms with van der Waals surface area (Å²) in [6.45, 7) is 0. The Hall–Kier alpha value is -0.440. The van der Waals surface area contributed by atoms with Crippen LogP contribution in [0.15, 0.2) is 12.1 Å². The number of hydrogen-bond acceptors (Lipinski definition) is 2. The summed E-state index contributed by atoms with van der Waals surface area (Å²) in [4.78, 5) is 0. The van der Waals surface area contributed by atoms with E-state index in [1.807, 2.05) is 0 Å². The monoisotopic (exact) mass is 274 g/mol. The van der Waals surface area contributed by atoms with Gasteiger partial charge in [-0.2, -0.15) is 0 Å². The highest BCUT2D eigenvalue weighted by Gasteiger charge is 2.26. The molecule has 1 aromatic carbocycles. The maximum absolute atomic E-state index is 10.3. The van der Waals surface area contributed by atoms with Gasteiger partial charge in [-0.3, -0.25) is 0 Å². The first-order chi connectivity index (χ1) is 8.13. The van der Waals surface area contributed by atoms with E-state index < -0.39 is 6.10 Å². The lowest BCUT2D eigenvalue weighted by Crippen LogP contribution is -2.09. The summed E-state index contributed by atoms with van der Waals surface area (Å²) in [6, 6.07) is 3.38. The molecule has 0 heterocycles. The van der Waals surface area contributed by atoms with E-state index in [4.69, 9.17) is 27.9 Å². The fourth-order valence-electron chi connectivity index (χ4n) is 2.45. The van der Waals surface area contributed by atoms with E-state index in [1.54, 1.807) is 19.2 Å². The third-order valence-corrected chi connectivity index (χ3v) is 4.06. The van der Waals surface area contributed by atoms with Crippen LogP contribution in [-0.2, 0) is 0 Å². The fraction of sp³-hybridized carbons (Fsp3) is 0.538. The van der Waals surface area contributed by atoms with Gasteiger partial charge in [0.05, 0.1) is 23.3 Å². The number of rotatable bonds is 3. The Balaban J connectivity index is 2.28. The van der Waals surface area contributed by atoms with E-state index in [1.165, 1.54) is 12.8 Å². The van der Waals surface area contributed by atoms with Crippen LogP contribution in [0, 0.1) is 5.92 Å². The average molecular weight is 275 g/mol. The maximum atomic E-state index is 10.3. The molecule has 1 atom stereocenters. The van der Waals surface area contributed by atoms with Crippen molar-refractivity contribution in [2.45, 2.75) is 31.8 Å². The van der Waals surface area contributed by atoms with Gasteiger partial charge in [-0.25, -0.2) is 0 Å². The molecule has 1 N–H and O–H groups in total. The molecule has 0 saturated heterocycles. The van der Waals surface area contributed by atoms with Gasteiger partial charge in [0.2, 0.25) is 0 Å². The van der Waals surface area contributed by atoms with E-state index in [0.29, 0.717) is 27.3 Å². The maximum Gasteiger partial charge on any atom is 0.138 e. The Kier molecular flexibility index (Phi) is 4.18. The van der Waals surface area contributed by atoms with Crippen molar-refractivity contribution in [2.75, 3.05) is 7.11 Å². The Morgan fingerprint density at radius 3 is 2.47 bits per heavy atom. The highest BCUT2D eigenvalue weighted by Crippen LogP contribution is 2.41. The molecule has 94 valence electrons. The predicted molar refractivity (Wildman–Crippen MR) is 69.9 cm³/mol.